The van der Waals surface area contributed by atoms with Gasteiger partial charge in [0.1, 0.15) is 11.5 Å². The van der Waals surface area contributed by atoms with E-state index < -0.39 is 0 Å². The molecular weight excluding hydrogens is 412 g/mol. The number of ether oxygens (including phenoxy) is 2. The monoisotopic (exact) mass is 432 g/mol. The van der Waals surface area contributed by atoms with Crippen LogP contribution in [0, 0.1) is 6.92 Å². The van der Waals surface area contributed by atoms with Crippen LogP contribution < -0.4 is 14.8 Å². The van der Waals surface area contributed by atoms with Crippen LogP contribution in [0.2, 0.25) is 5.02 Å². The highest BCUT2D eigenvalue weighted by atomic mass is 35.5. The Bertz CT molecular complexity index is 1020. The number of hydrogen-bond donors (Lipinski definition) is 1. The average Bonchev–Trinajstić information content (AvgIpc) is 3.09. The zero-order valence-corrected chi connectivity index (χ0v) is 18.1. The number of methoxy groups -OCH3 is 2. The first-order chi connectivity index (χ1) is 13.9. The van der Waals surface area contributed by atoms with Crippen molar-refractivity contribution in [2.45, 2.75) is 12.1 Å². The molecule has 1 amide bonds. The number of halogens is 1. The predicted molar refractivity (Wildman–Crippen MR) is 115 cm³/mol. The summed E-state index contributed by atoms with van der Waals surface area (Å²) >= 11 is 7.41. The summed E-state index contributed by atoms with van der Waals surface area (Å²) in [5.41, 5.74) is 2.35. The van der Waals surface area contributed by atoms with E-state index in [1.807, 2.05) is 42.8 Å². The number of aryl methyl sites for hydroxylation is 1. The summed E-state index contributed by atoms with van der Waals surface area (Å²) in [5, 5.41) is 12.5. The molecule has 9 heteroatoms. The second-order valence-corrected chi connectivity index (χ2v) is 7.58. The van der Waals surface area contributed by atoms with E-state index in [0.29, 0.717) is 27.4 Å². The number of rotatable bonds is 7. The fraction of sp³-hybridized carbons (Fsp3) is 0.250. The van der Waals surface area contributed by atoms with Crippen molar-refractivity contribution in [3.63, 3.8) is 0 Å². The molecule has 3 rings (SSSR count). The molecule has 0 unspecified atom stereocenters. The Morgan fingerprint density at radius 1 is 1.17 bits per heavy atom. The van der Waals surface area contributed by atoms with Crippen LogP contribution in [0.1, 0.15) is 5.56 Å². The molecule has 0 saturated carbocycles. The minimum Gasteiger partial charge on any atom is -0.497 e. The summed E-state index contributed by atoms with van der Waals surface area (Å²) in [6, 6.07) is 11.0. The van der Waals surface area contributed by atoms with Gasteiger partial charge in [-0.15, -0.1) is 10.2 Å². The van der Waals surface area contributed by atoms with Crippen molar-refractivity contribution >= 4 is 35.0 Å². The molecule has 0 aliphatic rings. The number of carbonyl (C=O) groups is 1. The third kappa shape index (κ3) is 4.83. The van der Waals surface area contributed by atoms with Crippen LogP contribution in [0.15, 0.2) is 41.6 Å². The minimum absolute atomic E-state index is 0.177. The third-order valence-electron chi connectivity index (χ3n) is 4.27. The van der Waals surface area contributed by atoms with Crippen molar-refractivity contribution in [2.75, 3.05) is 25.3 Å². The van der Waals surface area contributed by atoms with Gasteiger partial charge in [-0.05, 0) is 42.8 Å². The average molecular weight is 433 g/mol. The predicted octanol–water partition coefficient (Wildman–Crippen LogP) is 4.19. The molecule has 1 aromatic heterocycles. The van der Waals surface area contributed by atoms with Crippen molar-refractivity contribution in [3.8, 4) is 22.9 Å². The highest BCUT2D eigenvalue weighted by Gasteiger charge is 2.15. The highest BCUT2D eigenvalue weighted by Crippen LogP contribution is 2.31. The van der Waals surface area contributed by atoms with Crippen molar-refractivity contribution in [1.82, 2.24) is 14.8 Å². The number of thioether (sulfide) groups is 1. The number of aromatic nitrogens is 3. The molecule has 7 nitrogen and oxygen atoms in total. The van der Waals surface area contributed by atoms with Crippen LogP contribution in [0.25, 0.3) is 11.4 Å². The maximum Gasteiger partial charge on any atom is 0.234 e. The van der Waals surface area contributed by atoms with E-state index in [9.17, 15) is 4.79 Å². The lowest BCUT2D eigenvalue weighted by molar-refractivity contribution is -0.113. The fourth-order valence-corrected chi connectivity index (χ4v) is 3.54. The highest BCUT2D eigenvalue weighted by molar-refractivity contribution is 7.99. The lowest BCUT2D eigenvalue weighted by Gasteiger charge is -2.12. The smallest absolute Gasteiger partial charge is 0.234 e. The quantitative estimate of drug-likeness (QED) is 0.564. The van der Waals surface area contributed by atoms with Gasteiger partial charge in [-0.3, -0.25) is 4.79 Å². The molecule has 0 spiro atoms. The number of hydrogen-bond acceptors (Lipinski definition) is 6. The molecule has 2 aromatic carbocycles. The van der Waals surface area contributed by atoms with Crippen molar-refractivity contribution in [2.24, 2.45) is 7.05 Å². The molecule has 3 aromatic rings. The second kappa shape index (κ2) is 9.19. The van der Waals surface area contributed by atoms with Crippen LogP contribution in [0.4, 0.5) is 5.69 Å². The molecule has 1 N–H and O–H groups in total. The normalized spacial score (nSPS) is 10.7. The van der Waals surface area contributed by atoms with E-state index in [-0.39, 0.29) is 11.7 Å². The maximum atomic E-state index is 12.4. The number of anilines is 1. The molecule has 0 saturated heterocycles. The number of nitrogens with zero attached hydrogens (tertiary/aromatic N) is 3. The van der Waals surface area contributed by atoms with Gasteiger partial charge in [0.15, 0.2) is 11.0 Å². The van der Waals surface area contributed by atoms with E-state index in [0.717, 1.165) is 16.9 Å². The standard InChI is InChI=1S/C20H21ClN4O3S/c1-12-9-16(17(28-4)10-15(12)21)22-18(26)11-29-20-24-23-19(25(20)2)13-5-7-14(27-3)8-6-13/h5-10H,11H2,1-4H3,(H,22,26). The van der Waals surface area contributed by atoms with Crippen LogP contribution in [-0.4, -0.2) is 40.6 Å². The fourth-order valence-electron chi connectivity index (χ4n) is 2.68. The zero-order chi connectivity index (χ0) is 21.0. The van der Waals surface area contributed by atoms with Gasteiger partial charge in [0, 0.05) is 23.7 Å². The first kappa shape index (κ1) is 21.0. The molecule has 0 fully saturated rings. The van der Waals surface area contributed by atoms with E-state index in [2.05, 4.69) is 15.5 Å². The van der Waals surface area contributed by atoms with E-state index in [1.165, 1.54) is 18.9 Å². The molecule has 0 aliphatic carbocycles. The number of carbonyl (C=O) groups excluding carboxylic acids is 1. The van der Waals surface area contributed by atoms with Gasteiger partial charge in [-0.2, -0.15) is 0 Å². The third-order valence-corrected chi connectivity index (χ3v) is 5.70. The van der Waals surface area contributed by atoms with Gasteiger partial charge < -0.3 is 19.4 Å². The van der Waals surface area contributed by atoms with Gasteiger partial charge in [-0.1, -0.05) is 23.4 Å². The van der Waals surface area contributed by atoms with Crippen LogP contribution in [0.5, 0.6) is 11.5 Å². The molecule has 29 heavy (non-hydrogen) atoms. The minimum atomic E-state index is -0.177. The SMILES string of the molecule is COc1ccc(-c2nnc(SCC(=O)Nc3cc(C)c(Cl)cc3OC)n2C)cc1. The van der Waals surface area contributed by atoms with Gasteiger partial charge in [0.25, 0.3) is 0 Å². The summed E-state index contributed by atoms with van der Waals surface area (Å²) in [5.74, 6) is 2.00. The number of nitrogens with one attached hydrogen (secondary N) is 1. The Labute approximate surface area is 178 Å². The Balaban J connectivity index is 1.67. The number of amides is 1. The lowest BCUT2D eigenvalue weighted by Crippen LogP contribution is -2.15. The van der Waals surface area contributed by atoms with Gasteiger partial charge in [0.2, 0.25) is 5.91 Å². The molecule has 0 atom stereocenters. The van der Waals surface area contributed by atoms with E-state index in [4.69, 9.17) is 21.1 Å². The summed E-state index contributed by atoms with van der Waals surface area (Å²) in [6.45, 7) is 1.87. The first-order valence-electron chi connectivity index (χ1n) is 8.73. The lowest BCUT2D eigenvalue weighted by atomic mass is 10.2. The van der Waals surface area contributed by atoms with Crippen molar-refractivity contribution in [3.05, 3.63) is 47.0 Å². The largest absolute Gasteiger partial charge is 0.497 e. The zero-order valence-electron chi connectivity index (χ0n) is 16.5. The van der Waals surface area contributed by atoms with Gasteiger partial charge in [-0.25, -0.2) is 0 Å². The summed E-state index contributed by atoms with van der Waals surface area (Å²) in [4.78, 5) is 12.4. The first-order valence-corrected chi connectivity index (χ1v) is 10.1. The molecule has 0 radical (unpaired) electrons. The van der Waals surface area contributed by atoms with Crippen LogP contribution in [0.3, 0.4) is 0 Å². The Hall–Kier alpha value is -2.71. The summed E-state index contributed by atoms with van der Waals surface area (Å²) < 4.78 is 12.3. The maximum absolute atomic E-state index is 12.4. The van der Waals surface area contributed by atoms with E-state index >= 15 is 0 Å². The summed E-state index contributed by atoms with van der Waals surface area (Å²) in [7, 11) is 5.02. The van der Waals surface area contributed by atoms with E-state index in [1.54, 1.807) is 19.2 Å². The molecule has 0 bridgehead atoms. The Morgan fingerprint density at radius 3 is 2.55 bits per heavy atom. The van der Waals surface area contributed by atoms with Gasteiger partial charge >= 0.3 is 0 Å². The molecule has 152 valence electrons. The number of benzene rings is 2. The molecule has 0 aliphatic heterocycles. The Morgan fingerprint density at radius 2 is 1.90 bits per heavy atom. The van der Waals surface area contributed by atoms with Gasteiger partial charge in [0.05, 0.1) is 25.7 Å². The van der Waals surface area contributed by atoms with Crippen LogP contribution in [-0.2, 0) is 11.8 Å². The molecular formula is C20H21ClN4O3S. The second-order valence-electron chi connectivity index (χ2n) is 6.23. The Kier molecular flexibility index (Phi) is 6.66. The molecule has 1 heterocycles. The summed E-state index contributed by atoms with van der Waals surface area (Å²) in [6.07, 6.45) is 0. The van der Waals surface area contributed by atoms with Crippen LogP contribution >= 0.6 is 23.4 Å². The van der Waals surface area contributed by atoms with Crippen molar-refractivity contribution in [1.29, 1.82) is 0 Å². The topological polar surface area (TPSA) is 78.3 Å². The van der Waals surface area contributed by atoms with Crippen molar-refractivity contribution < 1.29 is 14.3 Å².